The van der Waals surface area contributed by atoms with Gasteiger partial charge >= 0.3 is 0 Å². The second kappa shape index (κ2) is 10.1. The molecular formula is C27H23BrO6. The molecular weight excluding hydrogens is 500 g/mol. The number of halogens is 1. The van der Waals surface area contributed by atoms with E-state index in [0.717, 1.165) is 11.3 Å². The highest BCUT2D eigenvalue weighted by atomic mass is 79.9. The van der Waals surface area contributed by atoms with Gasteiger partial charge in [-0.3, -0.25) is 4.79 Å². The Hall–Kier alpha value is -3.71. The molecule has 0 saturated heterocycles. The Morgan fingerprint density at radius 3 is 2.41 bits per heavy atom. The van der Waals surface area contributed by atoms with Crippen molar-refractivity contribution in [2.75, 3.05) is 20.8 Å². The van der Waals surface area contributed by atoms with Crippen LogP contribution in [0.3, 0.4) is 0 Å². The van der Waals surface area contributed by atoms with Crippen molar-refractivity contribution < 1.29 is 23.7 Å². The molecule has 0 spiro atoms. The van der Waals surface area contributed by atoms with E-state index in [0.29, 0.717) is 39.3 Å². The average Bonchev–Trinajstić information content (AvgIpc) is 2.86. The first-order valence-electron chi connectivity index (χ1n) is 10.6. The predicted molar refractivity (Wildman–Crippen MR) is 137 cm³/mol. The van der Waals surface area contributed by atoms with Crippen LogP contribution in [-0.2, 0) is 0 Å². The first-order valence-corrected chi connectivity index (χ1v) is 11.4. The zero-order chi connectivity index (χ0) is 24.2. The molecule has 0 aliphatic rings. The SMILES string of the molecule is CCOc1ccc(/C=C/c2cc(OC)cc(OC)c2-c2oc3ccc(Br)cc3c(=O)c2O)cc1. The fraction of sp³-hybridized carbons (Fsp3) is 0.148. The number of benzene rings is 3. The lowest BCUT2D eigenvalue weighted by Crippen LogP contribution is -2.04. The van der Waals surface area contributed by atoms with Gasteiger partial charge in [0.2, 0.25) is 11.2 Å². The standard InChI is InChI=1S/C27H23BrO6/c1-4-33-19-10-6-16(7-11-19)5-8-17-13-20(31-2)15-23(32-3)24(17)27-26(30)25(29)21-14-18(28)9-12-22(21)34-27/h5-15,30H,4H2,1-3H3/b8-5+. The van der Waals surface area contributed by atoms with Crippen LogP contribution in [-0.4, -0.2) is 25.9 Å². The maximum Gasteiger partial charge on any atom is 0.235 e. The van der Waals surface area contributed by atoms with Crippen LogP contribution in [0.1, 0.15) is 18.1 Å². The number of fused-ring (bicyclic) bond motifs is 1. The Kier molecular flexibility index (Phi) is 6.93. The third kappa shape index (κ3) is 4.65. The van der Waals surface area contributed by atoms with Gasteiger partial charge in [-0.25, -0.2) is 0 Å². The molecule has 34 heavy (non-hydrogen) atoms. The molecule has 0 amide bonds. The first-order chi connectivity index (χ1) is 16.4. The minimum Gasteiger partial charge on any atom is -0.502 e. The van der Waals surface area contributed by atoms with E-state index in [2.05, 4.69) is 15.9 Å². The summed E-state index contributed by atoms with van der Waals surface area (Å²) in [5.41, 5.74) is 1.83. The van der Waals surface area contributed by atoms with E-state index in [1.54, 1.807) is 37.4 Å². The Morgan fingerprint density at radius 2 is 1.74 bits per heavy atom. The van der Waals surface area contributed by atoms with Gasteiger partial charge in [0.1, 0.15) is 22.8 Å². The summed E-state index contributed by atoms with van der Waals surface area (Å²) in [6.07, 6.45) is 3.75. The molecule has 6 nitrogen and oxygen atoms in total. The van der Waals surface area contributed by atoms with Crippen molar-refractivity contribution in [1.29, 1.82) is 0 Å². The fourth-order valence-corrected chi connectivity index (χ4v) is 3.98. The van der Waals surface area contributed by atoms with Crippen molar-refractivity contribution in [2.24, 2.45) is 0 Å². The van der Waals surface area contributed by atoms with Gasteiger partial charge in [0.25, 0.3) is 0 Å². The molecule has 0 unspecified atom stereocenters. The molecule has 0 radical (unpaired) electrons. The molecule has 1 aromatic heterocycles. The first kappa shape index (κ1) is 23.4. The summed E-state index contributed by atoms with van der Waals surface area (Å²) in [5.74, 6) is 1.26. The van der Waals surface area contributed by atoms with Gasteiger partial charge in [-0.05, 0) is 54.4 Å². The van der Waals surface area contributed by atoms with Gasteiger partial charge in [-0.2, -0.15) is 0 Å². The van der Waals surface area contributed by atoms with Crippen LogP contribution in [0, 0.1) is 0 Å². The zero-order valence-electron chi connectivity index (χ0n) is 18.9. The Labute approximate surface area is 205 Å². The van der Waals surface area contributed by atoms with E-state index in [4.69, 9.17) is 18.6 Å². The molecule has 0 aliphatic heterocycles. The highest BCUT2D eigenvalue weighted by molar-refractivity contribution is 9.10. The average molecular weight is 523 g/mol. The molecule has 3 aromatic carbocycles. The van der Waals surface area contributed by atoms with Gasteiger partial charge in [0, 0.05) is 10.5 Å². The predicted octanol–water partition coefficient (Wildman–Crippen LogP) is 6.51. The van der Waals surface area contributed by atoms with Crippen molar-refractivity contribution in [1.82, 2.24) is 0 Å². The number of methoxy groups -OCH3 is 2. The summed E-state index contributed by atoms with van der Waals surface area (Å²) in [6, 6.07) is 16.2. The van der Waals surface area contributed by atoms with E-state index in [1.807, 2.05) is 43.3 Å². The second-order valence-corrected chi connectivity index (χ2v) is 8.29. The number of aromatic hydroxyl groups is 1. The second-order valence-electron chi connectivity index (χ2n) is 7.38. The highest BCUT2D eigenvalue weighted by Gasteiger charge is 2.22. The summed E-state index contributed by atoms with van der Waals surface area (Å²) in [4.78, 5) is 12.9. The quantitative estimate of drug-likeness (QED) is 0.278. The van der Waals surface area contributed by atoms with Crippen LogP contribution in [0.25, 0.3) is 34.4 Å². The lowest BCUT2D eigenvalue weighted by molar-refractivity contribution is 0.340. The Balaban J connectivity index is 1.90. The van der Waals surface area contributed by atoms with Crippen molar-refractivity contribution >= 4 is 39.1 Å². The van der Waals surface area contributed by atoms with Crippen molar-refractivity contribution in [3.8, 4) is 34.3 Å². The maximum absolute atomic E-state index is 12.9. The van der Waals surface area contributed by atoms with Crippen LogP contribution < -0.4 is 19.6 Å². The van der Waals surface area contributed by atoms with Gasteiger partial charge in [-0.1, -0.05) is 40.2 Å². The fourth-order valence-electron chi connectivity index (χ4n) is 3.62. The van der Waals surface area contributed by atoms with Gasteiger partial charge in [0.15, 0.2) is 5.76 Å². The monoisotopic (exact) mass is 522 g/mol. The molecule has 0 aliphatic carbocycles. The molecule has 4 rings (SSSR count). The molecule has 0 atom stereocenters. The molecule has 0 saturated carbocycles. The summed E-state index contributed by atoms with van der Waals surface area (Å²) in [5, 5.41) is 11.1. The van der Waals surface area contributed by atoms with Gasteiger partial charge in [-0.15, -0.1) is 0 Å². The van der Waals surface area contributed by atoms with E-state index >= 15 is 0 Å². The molecule has 1 N–H and O–H groups in total. The Morgan fingerprint density at radius 1 is 0.971 bits per heavy atom. The lowest BCUT2D eigenvalue weighted by Gasteiger charge is -2.15. The van der Waals surface area contributed by atoms with Crippen LogP contribution in [0.2, 0.25) is 0 Å². The van der Waals surface area contributed by atoms with E-state index < -0.39 is 11.2 Å². The topological polar surface area (TPSA) is 78.1 Å². The smallest absolute Gasteiger partial charge is 0.235 e. The summed E-state index contributed by atoms with van der Waals surface area (Å²) in [6.45, 7) is 2.53. The minimum atomic E-state index is -0.531. The van der Waals surface area contributed by atoms with Crippen LogP contribution >= 0.6 is 15.9 Å². The van der Waals surface area contributed by atoms with E-state index in [9.17, 15) is 9.90 Å². The third-order valence-corrected chi connectivity index (χ3v) is 5.76. The number of ether oxygens (including phenoxy) is 3. The zero-order valence-corrected chi connectivity index (χ0v) is 20.5. The summed E-state index contributed by atoms with van der Waals surface area (Å²) >= 11 is 3.35. The van der Waals surface area contributed by atoms with Gasteiger partial charge < -0.3 is 23.7 Å². The van der Waals surface area contributed by atoms with Crippen LogP contribution in [0.5, 0.6) is 23.0 Å². The van der Waals surface area contributed by atoms with Crippen molar-refractivity contribution in [3.63, 3.8) is 0 Å². The molecule has 7 heteroatoms. The number of rotatable bonds is 7. The maximum atomic E-state index is 12.9. The van der Waals surface area contributed by atoms with E-state index in [-0.39, 0.29) is 11.1 Å². The van der Waals surface area contributed by atoms with Crippen molar-refractivity contribution in [2.45, 2.75) is 6.92 Å². The number of hydrogen-bond donors (Lipinski definition) is 1. The third-order valence-electron chi connectivity index (χ3n) is 5.26. The molecule has 0 fully saturated rings. The minimum absolute atomic E-state index is 0.0191. The molecule has 0 bridgehead atoms. The Bertz CT molecular complexity index is 1420. The van der Waals surface area contributed by atoms with Crippen LogP contribution in [0.15, 0.2) is 68.3 Å². The number of hydrogen-bond acceptors (Lipinski definition) is 6. The normalized spacial score (nSPS) is 11.2. The summed E-state index contributed by atoms with van der Waals surface area (Å²) < 4.78 is 23.3. The van der Waals surface area contributed by atoms with Crippen LogP contribution in [0.4, 0.5) is 0 Å². The van der Waals surface area contributed by atoms with E-state index in [1.165, 1.54) is 7.11 Å². The highest BCUT2D eigenvalue weighted by Crippen LogP contribution is 2.42. The molecule has 174 valence electrons. The van der Waals surface area contributed by atoms with Crippen molar-refractivity contribution in [3.05, 3.63) is 80.4 Å². The van der Waals surface area contributed by atoms with Gasteiger partial charge in [0.05, 0.1) is 31.8 Å². The molecule has 1 heterocycles. The summed E-state index contributed by atoms with van der Waals surface area (Å²) in [7, 11) is 3.06. The molecule has 4 aromatic rings. The largest absolute Gasteiger partial charge is 0.502 e. The lowest BCUT2D eigenvalue weighted by atomic mass is 10.00.